The molecule has 0 saturated carbocycles. The highest BCUT2D eigenvalue weighted by Crippen LogP contribution is 2.26. The van der Waals surface area contributed by atoms with E-state index in [2.05, 4.69) is 56.3 Å². The minimum atomic E-state index is 0.469. The lowest BCUT2D eigenvalue weighted by molar-refractivity contribution is 1.00. The molecule has 17 heavy (non-hydrogen) atoms. The summed E-state index contributed by atoms with van der Waals surface area (Å²) < 4.78 is 3.02. The average Bonchev–Trinajstić information content (AvgIpc) is 2.77. The molecule has 0 aliphatic heterocycles. The van der Waals surface area contributed by atoms with E-state index < -0.39 is 0 Å². The van der Waals surface area contributed by atoms with E-state index in [0.717, 1.165) is 27.1 Å². The Morgan fingerprint density at radius 3 is 2.76 bits per heavy atom. The van der Waals surface area contributed by atoms with Crippen molar-refractivity contribution >= 4 is 32.7 Å². The van der Waals surface area contributed by atoms with Crippen LogP contribution in [0.5, 0.6) is 0 Å². The summed E-state index contributed by atoms with van der Waals surface area (Å²) in [6.45, 7) is 4.68. The van der Waals surface area contributed by atoms with Crippen LogP contribution in [0.25, 0.3) is 16.8 Å². The number of aromatic nitrogens is 3. The van der Waals surface area contributed by atoms with Crippen molar-refractivity contribution in [2.45, 2.75) is 20.4 Å². The second-order valence-corrected chi connectivity index (χ2v) is 5.05. The van der Waals surface area contributed by atoms with Gasteiger partial charge in [-0.3, -0.25) is 4.40 Å². The molecule has 0 aliphatic rings. The van der Waals surface area contributed by atoms with Crippen molar-refractivity contribution in [3.8, 4) is 0 Å². The molecule has 1 aromatic carbocycles. The molecule has 3 aromatic rings. The predicted molar refractivity (Wildman–Crippen MR) is 72.1 cm³/mol. The van der Waals surface area contributed by atoms with Crippen LogP contribution in [-0.4, -0.2) is 14.4 Å². The maximum absolute atomic E-state index is 5.67. The number of imidazole rings is 2. The molecule has 0 atom stereocenters. The number of H-pyrrole nitrogens is 1. The normalized spacial score (nSPS) is 11.8. The number of fused-ring (bicyclic) bond motifs is 3. The largest absolute Gasteiger partial charge is 0.325 e. The molecular formula is C12H13BrN4. The SMILES string of the molecule is Cc1cc2nc3[nH]c(CN)c(Br)n3c2cc1C. The van der Waals surface area contributed by atoms with Crippen LogP contribution in [0.3, 0.4) is 0 Å². The first-order chi connectivity index (χ1) is 8.11. The van der Waals surface area contributed by atoms with E-state index in [1.807, 2.05) is 0 Å². The standard InChI is InChI=1S/C12H13BrN4/c1-6-3-8-10(4-7(6)2)17-11(13)9(5-14)16-12(17)15-8/h3-4H,5,14H2,1-2H3,(H,15,16). The molecule has 0 radical (unpaired) electrons. The zero-order valence-corrected chi connectivity index (χ0v) is 11.3. The number of aromatic amines is 1. The van der Waals surface area contributed by atoms with Crippen molar-refractivity contribution in [2.75, 3.05) is 0 Å². The molecule has 0 spiro atoms. The molecule has 3 rings (SSSR count). The lowest BCUT2D eigenvalue weighted by Gasteiger charge is -2.00. The summed E-state index contributed by atoms with van der Waals surface area (Å²) in [5.41, 5.74) is 11.3. The van der Waals surface area contributed by atoms with E-state index in [0.29, 0.717) is 6.54 Å². The Morgan fingerprint density at radius 1 is 1.35 bits per heavy atom. The summed E-state index contributed by atoms with van der Waals surface area (Å²) in [6.07, 6.45) is 0. The Hall–Kier alpha value is -1.33. The fourth-order valence-corrected chi connectivity index (χ4v) is 2.69. The van der Waals surface area contributed by atoms with Gasteiger partial charge < -0.3 is 10.7 Å². The van der Waals surface area contributed by atoms with E-state index >= 15 is 0 Å². The van der Waals surface area contributed by atoms with Gasteiger partial charge >= 0.3 is 0 Å². The van der Waals surface area contributed by atoms with Crippen LogP contribution in [0.1, 0.15) is 16.8 Å². The molecule has 0 amide bonds. The number of hydrogen-bond donors (Lipinski definition) is 2. The van der Waals surface area contributed by atoms with Gasteiger partial charge in [0.15, 0.2) is 0 Å². The summed E-state index contributed by atoms with van der Waals surface area (Å²) in [7, 11) is 0. The molecule has 88 valence electrons. The number of hydrogen-bond acceptors (Lipinski definition) is 2. The van der Waals surface area contributed by atoms with Crippen LogP contribution < -0.4 is 5.73 Å². The monoisotopic (exact) mass is 292 g/mol. The second-order valence-electron chi connectivity index (χ2n) is 4.29. The second kappa shape index (κ2) is 3.58. The molecule has 0 fully saturated rings. The van der Waals surface area contributed by atoms with E-state index in [-0.39, 0.29) is 0 Å². The highest BCUT2D eigenvalue weighted by atomic mass is 79.9. The minimum absolute atomic E-state index is 0.469. The Labute approximate surface area is 107 Å². The molecule has 5 heteroatoms. The van der Waals surface area contributed by atoms with Crippen LogP contribution in [-0.2, 0) is 6.54 Å². The first-order valence-electron chi connectivity index (χ1n) is 5.47. The van der Waals surface area contributed by atoms with Gasteiger partial charge in [-0.2, -0.15) is 0 Å². The average molecular weight is 293 g/mol. The number of nitrogens with two attached hydrogens (primary N) is 1. The third kappa shape index (κ3) is 1.42. The lowest BCUT2D eigenvalue weighted by atomic mass is 10.1. The van der Waals surface area contributed by atoms with Crippen molar-refractivity contribution in [1.29, 1.82) is 0 Å². The first kappa shape index (κ1) is 10.8. The van der Waals surface area contributed by atoms with Crippen molar-refractivity contribution in [3.63, 3.8) is 0 Å². The topological polar surface area (TPSA) is 59.1 Å². The fraction of sp³-hybridized carbons (Fsp3) is 0.250. The molecule has 0 saturated heterocycles. The van der Waals surface area contributed by atoms with Crippen molar-refractivity contribution in [3.05, 3.63) is 33.6 Å². The molecular weight excluding hydrogens is 280 g/mol. The Bertz CT molecular complexity index is 723. The summed E-state index contributed by atoms with van der Waals surface area (Å²) in [5.74, 6) is 0.831. The molecule has 3 N–H and O–H groups in total. The zero-order chi connectivity index (χ0) is 12.2. The predicted octanol–water partition coefficient (Wildman–Crippen LogP) is 2.65. The minimum Gasteiger partial charge on any atom is -0.325 e. The van der Waals surface area contributed by atoms with Gasteiger partial charge in [-0.15, -0.1) is 0 Å². The Kier molecular flexibility index (Phi) is 2.27. The Morgan fingerprint density at radius 2 is 2.06 bits per heavy atom. The van der Waals surface area contributed by atoms with Gasteiger partial charge in [-0.1, -0.05) is 0 Å². The van der Waals surface area contributed by atoms with Crippen LogP contribution in [0.15, 0.2) is 16.7 Å². The summed E-state index contributed by atoms with van der Waals surface area (Å²) >= 11 is 3.57. The highest BCUT2D eigenvalue weighted by Gasteiger charge is 2.13. The van der Waals surface area contributed by atoms with Gasteiger partial charge in [0.25, 0.3) is 0 Å². The van der Waals surface area contributed by atoms with Crippen molar-refractivity contribution < 1.29 is 0 Å². The lowest BCUT2D eigenvalue weighted by Crippen LogP contribution is -1.97. The molecule has 2 heterocycles. The molecule has 2 aromatic heterocycles. The zero-order valence-electron chi connectivity index (χ0n) is 9.71. The summed E-state index contributed by atoms with van der Waals surface area (Å²) in [4.78, 5) is 7.79. The van der Waals surface area contributed by atoms with Gasteiger partial charge in [-0.05, 0) is 53.0 Å². The maximum atomic E-state index is 5.67. The molecule has 0 aliphatic carbocycles. The van der Waals surface area contributed by atoms with Gasteiger partial charge in [-0.25, -0.2) is 4.98 Å². The quantitative estimate of drug-likeness (QED) is 0.724. The van der Waals surface area contributed by atoms with Crippen LogP contribution in [0.2, 0.25) is 0 Å². The van der Waals surface area contributed by atoms with E-state index in [9.17, 15) is 0 Å². The number of nitrogens with zero attached hydrogens (tertiary/aromatic N) is 2. The third-order valence-corrected chi connectivity index (χ3v) is 4.02. The molecule has 4 nitrogen and oxygen atoms in total. The smallest absolute Gasteiger partial charge is 0.213 e. The van der Waals surface area contributed by atoms with E-state index in [4.69, 9.17) is 5.73 Å². The third-order valence-electron chi connectivity index (χ3n) is 3.18. The number of nitrogens with one attached hydrogen (secondary N) is 1. The van der Waals surface area contributed by atoms with Gasteiger partial charge in [0.2, 0.25) is 5.78 Å². The number of halogens is 1. The van der Waals surface area contributed by atoms with Crippen LogP contribution in [0, 0.1) is 13.8 Å². The Balaban J connectivity index is 2.47. The molecule has 0 unspecified atom stereocenters. The van der Waals surface area contributed by atoms with Gasteiger partial charge in [0.05, 0.1) is 16.7 Å². The maximum Gasteiger partial charge on any atom is 0.213 e. The summed E-state index contributed by atoms with van der Waals surface area (Å²) in [6, 6.07) is 4.27. The highest BCUT2D eigenvalue weighted by molar-refractivity contribution is 9.10. The van der Waals surface area contributed by atoms with Gasteiger partial charge in [0.1, 0.15) is 4.60 Å². The van der Waals surface area contributed by atoms with Crippen molar-refractivity contribution in [2.24, 2.45) is 5.73 Å². The van der Waals surface area contributed by atoms with Crippen LogP contribution >= 0.6 is 15.9 Å². The summed E-state index contributed by atoms with van der Waals surface area (Å²) in [5, 5.41) is 0. The first-order valence-corrected chi connectivity index (χ1v) is 6.27. The number of benzene rings is 1. The number of aryl methyl sites for hydroxylation is 2. The van der Waals surface area contributed by atoms with Crippen LogP contribution in [0.4, 0.5) is 0 Å². The van der Waals surface area contributed by atoms with Gasteiger partial charge in [0, 0.05) is 6.54 Å². The van der Waals surface area contributed by atoms with Crippen molar-refractivity contribution in [1.82, 2.24) is 14.4 Å². The van der Waals surface area contributed by atoms with E-state index in [1.165, 1.54) is 11.1 Å². The molecule has 0 bridgehead atoms. The fourth-order valence-electron chi connectivity index (χ4n) is 2.07. The van der Waals surface area contributed by atoms with E-state index in [1.54, 1.807) is 0 Å². The number of rotatable bonds is 1.